The molecule has 3 saturated heterocycles. The number of rotatable bonds is 3. The van der Waals surface area contributed by atoms with Gasteiger partial charge >= 0.3 is 0 Å². The highest BCUT2D eigenvalue weighted by Gasteiger charge is 2.31. The zero-order valence-corrected chi connectivity index (χ0v) is 15.7. The van der Waals surface area contributed by atoms with Gasteiger partial charge < -0.3 is 4.98 Å². The Morgan fingerprint density at radius 2 is 1.88 bits per heavy atom. The summed E-state index contributed by atoms with van der Waals surface area (Å²) < 4.78 is 0. The van der Waals surface area contributed by atoms with E-state index in [0.29, 0.717) is 0 Å². The number of fused-ring (bicyclic) bond motifs is 6. The molecular formula is C21H21ClN2S. The number of piperidine rings is 3. The van der Waals surface area contributed by atoms with E-state index in [9.17, 15) is 0 Å². The van der Waals surface area contributed by atoms with E-state index in [1.807, 2.05) is 11.8 Å². The lowest BCUT2D eigenvalue weighted by atomic mass is 9.84. The number of hydrogen-bond acceptors (Lipinski definition) is 2. The molecule has 0 atom stereocenters. The second-order valence-corrected chi connectivity index (χ2v) is 8.65. The quantitative estimate of drug-likeness (QED) is 0.604. The van der Waals surface area contributed by atoms with Crippen LogP contribution in [0.25, 0.3) is 21.8 Å². The van der Waals surface area contributed by atoms with Gasteiger partial charge in [-0.25, -0.2) is 0 Å². The van der Waals surface area contributed by atoms with Crippen molar-refractivity contribution in [2.45, 2.75) is 17.7 Å². The first kappa shape index (κ1) is 15.8. The molecule has 0 unspecified atom stereocenters. The fourth-order valence-electron chi connectivity index (χ4n) is 4.28. The highest BCUT2D eigenvalue weighted by Crippen LogP contribution is 2.37. The summed E-state index contributed by atoms with van der Waals surface area (Å²) in [4.78, 5) is 7.34. The summed E-state index contributed by atoms with van der Waals surface area (Å²) >= 11 is 8.56. The average molecular weight is 369 g/mol. The van der Waals surface area contributed by atoms with E-state index >= 15 is 0 Å². The van der Waals surface area contributed by atoms with Crippen LogP contribution in [0.1, 0.15) is 12.8 Å². The molecule has 2 bridgehead atoms. The zero-order chi connectivity index (χ0) is 16.8. The van der Waals surface area contributed by atoms with Crippen molar-refractivity contribution in [3.63, 3.8) is 0 Å². The first-order valence-electron chi connectivity index (χ1n) is 9.01. The molecule has 1 aromatic heterocycles. The van der Waals surface area contributed by atoms with Crippen molar-refractivity contribution in [1.29, 1.82) is 0 Å². The van der Waals surface area contributed by atoms with Crippen LogP contribution >= 0.6 is 23.4 Å². The third-order valence-electron chi connectivity index (χ3n) is 5.67. The van der Waals surface area contributed by atoms with E-state index in [2.05, 4.69) is 52.3 Å². The number of nitrogens with zero attached hydrogens (tertiary/aromatic N) is 1. The van der Waals surface area contributed by atoms with Gasteiger partial charge in [0.15, 0.2) is 0 Å². The molecule has 4 heteroatoms. The van der Waals surface area contributed by atoms with Gasteiger partial charge in [0, 0.05) is 44.0 Å². The van der Waals surface area contributed by atoms with Crippen LogP contribution in [0.3, 0.4) is 0 Å². The summed E-state index contributed by atoms with van der Waals surface area (Å²) in [6, 6.07) is 15.2. The average Bonchev–Trinajstić information content (AvgIpc) is 3.04. The Morgan fingerprint density at radius 1 is 1.08 bits per heavy atom. The third-order valence-corrected chi connectivity index (χ3v) is 7.22. The van der Waals surface area contributed by atoms with Crippen molar-refractivity contribution in [3.8, 4) is 0 Å². The number of halogens is 1. The third kappa shape index (κ3) is 2.88. The smallest absolute Gasteiger partial charge is 0.0476 e. The summed E-state index contributed by atoms with van der Waals surface area (Å²) in [5.41, 5.74) is 3.91. The number of H-pyrrole nitrogens is 1. The van der Waals surface area contributed by atoms with Crippen LogP contribution in [0.2, 0.25) is 0 Å². The highest BCUT2D eigenvalue weighted by atomic mass is 35.5. The molecule has 3 aliphatic rings. The van der Waals surface area contributed by atoms with Crippen molar-refractivity contribution in [2.75, 3.05) is 25.4 Å². The number of nitrogens with one attached hydrogen (secondary N) is 1. The Labute approximate surface area is 157 Å². The van der Waals surface area contributed by atoms with Crippen LogP contribution in [0, 0.1) is 5.92 Å². The SMILES string of the molecule is Cl/C(CSc1ccc2c(c1)[nH]c1ccccc12)=C1/CN2CCC1CC2. The minimum atomic E-state index is 0.731. The number of aromatic amines is 1. The molecule has 0 spiro atoms. The first-order valence-corrected chi connectivity index (χ1v) is 10.4. The molecule has 3 aliphatic heterocycles. The molecule has 25 heavy (non-hydrogen) atoms. The van der Waals surface area contributed by atoms with Crippen LogP contribution in [-0.2, 0) is 0 Å². The van der Waals surface area contributed by atoms with Crippen molar-refractivity contribution in [2.24, 2.45) is 5.92 Å². The van der Waals surface area contributed by atoms with Crippen molar-refractivity contribution in [1.82, 2.24) is 9.88 Å². The molecule has 0 amide bonds. The van der Waals surface area contributed by atoms with Gasteiger partial charge in [0.05, 0.1) is 0 Å². The highest BCUT2D eigenvalue weighted by molar-refractivity contribution is 7.99. The Kier molecular flexibility index (Phi) is 4.04. The van der Waals surface area contributed by atoms with E-state index in [4.69, 9.17) is 11.6 Å². The van der Waals surface area contributed by atoms with E-state index in [-0.39, 0.29) is 0 Å². The van der Waals surface area contributed by atoms with Crippen LogP contribution in [0.4, 0.5) is 0 Å². The van der Waals surface area contributed by atoms with E-state index in [0.717, 1.165) is 23.2 Å². The van der Waals surface area contributed by atoms with Crippen LogP contribution in [0.5, 0.6) is 0 Å². The summed E-state index contributed by atoms with van der Waals surface area (Å²) in [6.07, 6.45) is 2.58. The maximum atomic E-state index is 6.71. The Morgan fingerprint density at radius 3 is 2.68 bits per heavy atom. The van der Waals surface area contributed by atoms with Gasteiger partial charge in [-0.05, 0) is 55.6 Å². The van der Waals surface area contributed by atoms with Gasteiger partial charge in [-0.3, -0.25) is 4.90 Å². The molecule has 0 aliphatic carbocycles. The van der Waals surface area contributed by atoms with Crippen LogP contribution < -0.4 is 0 Å². The molecule has 3 aromatic rings. The molecule has 2 nitrogen and oxygen atoms in total. The lowest BCUT2D eigenvalue weighted by molar-refractivity contribution is 0.161. The molecule has 1 N–H and O–H groups in total. The fourth-order valence-corrected chi connectivity index (χ4v) is 5.50. The Bertz CT molecular complexity index is 966. The number of aromatic nitrogens is 1. The van der Waals surface area contributed by atoms with Crippen molar-refractivity contribution >= 4 is 45.2 Å². The molecule has 4 heterocycles. The maximum Gasteiger partial charge on any atom is 0.0476 e. The predicted octanol–water partition coefficient (Wildman–Crippen LogP) is 5.63. The van der Waals surface area contributed by atoms with Gasteiger partial charge in [0.25, 0.3) is 0 Å². The van der Waals surface area contributed by atoms with E-state index < -0.39 is 0 Å². The Hall–Kier alpha value is -1.42. The molecule has 2 aromatic carbocycles. The molecule has 128 valence electrons. The summed E-state index contributed by atoms with van der Waals surface area (Å²) in [7, 11) is 0. The van der Waals surface area contributed by atoms with Crippen molar-refractivity contribution < 1.29 is 0 Å². The second-order valence-electron chi connectivity index (χ2n) is 7.15. The number of hydrogen-bond donors (Lipinski definition) is 1. The molecule has 3 fully saturated rings. The minimum Gasteiger partial charge on any atom is -0.354 e. The standard InChI is InChI=1S/C21H21ClN2S/c22-19(18-12-24-9-7-14(18)8-10-24)13-25-15-5-6-17-16-3-1-2-4-20(16)23-21(17)11-15/h1-6,11,14,23H,7-10,12-13H2/b19-18-. The molecule has 0 saturated carbocycles. The predicted molar refractivity (Wildman–Crippen MR) is 109 cm³/mol. The van der Waals surface area contributed by atoms with E-state index in [1.165, 1.54) is 58.2 Å². The normalized spacial score (nSPS) is 25.0. The maximum absolute atomic E-state index is 6.71. The number of benzene rings is 2. The molecule has 0 radical (unpaired) electrons. The zero-order valence-electron chi connectivity index (χ0n) is 14.1. The monoisotopic (exact) mass is 368 g/mol. The fraction of sp³-hybridized carbons (Fsp3) is 0.333. The van der Waals surface area contributed by atoms with Crippen molar-refractivity contribution in [3.05, 3.63) is 53.1 Å². The molecular weight excluding hydrogens is 348 g/mol. The number of thioether (sulfide) groups is 1. The lowest BCUT2D eigenvalue weighted by Crippen LogP contribution is -2.43. The first-order chi connectivity index (χ1) is 12.3. The summed E-state index contributed by atoms with van der Waals surface area (Å²) in [6.45, 7) is 3.59. The topological polar surface area (TPSA) is 19.0 Å². The number of para-hydroxylation sites is 1. The summed E-state index contributed by atoms with van der Waals surface area (Å²) in [5.74, 6) is 1.61. The van der Waals surface area contributed by atoms with E-state index in [1.54, 1.807) is 0 Å². The molecule has 6 rings (SSSR count). The van der Waals surface area contributed by atoms with Gasteiger partial charge in [-0.15, -0.1) is 11.8 Å². The lowest BCUT2D eigenvalue weighted by Gasteiger charge is -2.41. The van der Waals surface area contributed by atoms with Gasteiger partial charge in [-0.2, -0.15) is 0 Å². The second kappa shape index (κ2) is 6.39. The van der Waals surface area contributed by atoms with Crippen LogP contribution in [0.15, 0.2) is 58.0 Å². The van der Waals surface area contributed by atoms with Crippen LogP contribution in [-0.4, -0.2) is 35.3 Å². The minimum absolute atomic E-state index is 0.731. The largest absolute Gasteiger partial charge is 0.354 e. The van der Waals surface area contributed by atoms with Gasteiger partial charge in [-0.1, -0.05) is 35.9 Å². The van der Waals surface area contributed by atoms with Gasteiger partial charge in [0.1, 0.15) is 0 Å². The summed E-state index contributed by atoms with van der Waals surface area (Å²) in [5, 5.41) is 3.67. The Balaban J connectivity index is 1.38. The van der Waals surface area contributed by atoms with Gasteiger partial charge in [0.2, 0.25) is 0 Å².